The highest BCUT2D eigenvalue weighted by atomic mass is 32.2. The first kappa shape index (κ1) is 29.3. The second-order valence-corrected chi connectivity index (χ2v) is 13.5. The summed E-state index contributed by atoms with van der Waals surface area (Å²) in [6.07, 6.45) is 0. The molecule has 14 heteroatoms. The van der Waals surface area contributed by atoms with Crippen molar-refractivity contribution in [3.8, 4) is 11.1 Å². The summed E-state index contributed by atoms with van der Waals surface area (Å²) in [5.41, 5.74) is 1.18. The molecule has 2 aliphatic rings. The molecular weight excluding hydrogens is 612 g/mol. The fourth-order valence-corrected chi connectivity index (χ4v) is 7.22. The zero-order chi connectivity index (χ0) is 31.9. The minimum atomic E-state index is -4.51. The third-order valence-corrected chi connectivity index (χ3v) is 9.69. The van der Waals surface area contributed by atoms with Gasteiger partial charge in [-0.05, 0) is 54.4 Å². The van der Waals surface area contributed by atoms with Crippen LogP contribution in [-0.2, 0) is 30.2 Å². The number of amides is 4. The van der Waals surface area contributed by atoms with Crippen molar-refractivity contribution in [3.63, 3.8) is 0 Å². The molecule has 4 aromatic carbocycles. The normalized spacial score (nSPS) is 15.0. The summed E-state index contributed by atoms with van der Waals surface area (Å²) in [5.74, 6) is -3.60. The molecule has 0 saturated carbocycles. The summed E-state index contributed by atoms with van der Waals surface area (Å²) in [7, 11) is -6.75. The maximum absolute atomic E-state index is 13.9. The summed E-state index contributed by atoms with van der Waals surface area (Å²) in [5, 5.41) is 0.343. The Morgan fingerprint density at radius 2 is 1.16 bits per heavy atom. The van der Waals surface area contributed by atoms with E-state index in [9.17, 15) is 40.6 Å². The Bertz CT molecular complexity index is 2170. The smallest absolute Gasteiger partial charge is 0.285 e. The van der Waals surface area contributed by atoms with E-state index >= 15 is 0 Å². The van der Waals surface area contributed by atoms with Gasteiger partial charge < -0.3 is 0 Å². The van der Waals surface area contributed by atoms with Crippen LogP contribution in [0.4, 0.5) is 5.69 Å². The fraction of sp³-hybridized carbons (Fsp3) is 0.133. The Morgan fingerprint density at radius 1 is 0.682 bits per heavy atom. The van der Waals surface area contributed by atoms with Crippen LogP contribution >= 0.6 is 0 Å². The van der Waals surface area contributed by atoms with E-state index in [2.05, 4.69) is 0 Å². The largest absolute Gasteiger partial charge is 0.297 e. The molecule has 0 bridgehead atoms. The highest BCUT2D eigenvalue weighted by molar-refractivity contribution is 7.87. The van der Waals surface area contributed by atoms with Gasteiger partial charge in [-0.15, -0.1) is 0 Å². The minimum absolute atomic E-state index is 0.00577. The number of hydrogen-bond donors (Lipinski definition) is 1. The first-order valence-electron chi connectivity index (χ1n) is 12.9. The lowest BCUT2D eigenvalue weighted by molar-refractivity contribution is 0.0649. The van der Waals surface area contributed by atoms with Crippen LogP contribution in [0, 0.1) is 6.92 Å². The number of carbonyl (C=O) groups is 4. The fourth-order valence-electron chi connectivity index (χ4n) is 5.70. The van der Waals surface area contributed by atoms with Crippen LogP contribution in [0.2, 0.25) is 0 Å². The van der Waals surface area contributed by atoms with Gasteiger partial charge in [-0.25, -0.2) is 4.90 Å². The predicted molar refractivity (Wildman–Crippen MR) is 158 cm³/mol. The van der Waals surface area contributed by atoms with E-state index in [1.807, 2.05) is 0 Å². The third kappa shape index (κ3) is 4.42. The van der Waals surface area contributed by atoms with Gasteiger partial charge in [0.1, 0.15) is 10.6 Å². The van der Waals surface area contributed by atoms with Crippen molar-refractivity contribution in [3.05, 3.63) is 94.0 Å². The summed E-state index contributed by atoms with van der Waals surface area (Å²) in [6, 6.07) is 13.9. The van der Waals surface area contributed by atoms with E-state index in [1.54, 1.807) is 13.0 Å². The molecule has 0 aromatic heterocycles. The van der Waals surface area contributed by atoms with Gasteiger partial charge in [0.15, 0.2) is 0 Å². The number of aryl methyl sites for hydroxylation is 1. The standard InChI is InChI=1S/C30H22N2O10S2/c1-15-4-6-18(16(12-15)14-43(37,38)39)19-7-5-17(13-24(19)44(40,41)42-3)32-29(35)22-10-8-20-25-21(28(34)31(2)27(20)33)9-11-23(26(22)25)30(32)36/h4-13H,14H2,1-3H3,(H,37,38,39). The molecule has 1 N–H and O–H groups in total. The van der Waals surface area contributed by atoms with Crippen molar-refractivity contribution in [2.45, 2.75) is 17.6 Å². The molecule has 6 rings (SSSR count). The maximum atomic E-state index is 13.9. The van der Waals surface area contributed by atoms with E-state index < -0.39 is 54.5 Å². The van der Waals surface area contributed by atoms with Crippen molar-refractivity contribution in [2.24, 2.45) is 0 Å². The zero-order valence-electron chi connectivity index (χ0n) is 23.3. The third-order valence-electron chi connectivity index (χ3n) is 7.70. The summed E-state index contributed by atoms with van der Waals surface area (Å²) in [4.78, 5) is 54.6. The second-order valence-electron chi connectivity index (χ2n) is 10.4. The average molecular weight is 635 g/mol. The Morgan fingerprint density at radius 3 is 1.66 bits per heavy atom. The monoisotopic (exact) mass is 634 g/mol. The molecule has 4 aromatic rings. The lowest BCUT2D eigenvalue weighted by Gasteiger charge is -2.31. The highest BCUT2D eigenvalue weighted by Crippen LogP contribution is 2.41. The van der Waals surface area contributed by atoms with E-state index in [0.29, 0.717) is 5.56 Å². The molecular formula is C30H22N2O10S2. The Balaban J connectivity index is 1.55. The van der Waals surface area contributed by atoms with Gasteiger partial charge in [-0.3, -0.25) is 32.8 Å². The van der Waals surface area contributed by atoms with Crippen LogP contribution < -0.4 is 4.90 Å². The molecule has 0 spiro atoms. The van der Waals surface area contributed by atoms with Crippen molar-refractivity contribution < 1.29 is 44.7 Å². The van der Waals surface area contributed by atoms with Gasteiger partial charge >= 0.3 is 0 Å². The van der Waals surface area contributed by atoms with Gasteiger partial charge in [-0.1, -0.05) is 29.8 Å². The molecule has 4 amide bonds. The molecule has 0 unspecified atom stereocenters. The van der Waals surface area contributed by atoms with Crippen LogP contribution in [-0.4, -0.2) is 64.1 Å². The van der Waals surface area contributed by atoms with E-state index in [1.165, 1.54) is 55.6 Å². The molecule has 0 aliphatic carbocycles. The molecule has 2 aliphatic heterocycles. The average Bonchev–Trinajstić information content (AvgIpc) is 2.97. The van der Waals surface area contributed by atoms with Crippen molar-refractivity contribution in [1.29, 1.82) is 0 Å². The Hall–Kier alpha value is -4.76. The number of nitrogens with zero attached hydrogens (tertiary/aromatic N) is 2. The number of anilines is 1. The summed E-state index contributed by atoms with van der Waals surface area (Å²) in [6.45, 7) is 1.69. The first-order valence-corrected chi connectivity index (χ1v) is 16.0. The molecule has 12 nitrogen and oxygen atoms in total. The Kier molecular flexibility index (Phi) is 6.59. The number of carbonyl (C=O) groups excluding carboxylic acids is 4. The molecule has 44 heavy (non-hydrogen) atoms. The van der Waals surface area contributed by atoms with E-state index in [4.69, 9.17) is 4.18 Å². The zero-order valence-corrected chi connectivity index (χ0v) is 24.9. The highest BCUT2D eigenvalue weighted by Gasteiger charge is 2.40. The summed E-state index contributed by atoms with van der Waals surface area (Å²) >= 11 is 0. The lowest BCUT2D eigenvalue weighted by Crippen LogP contribution is -2.42. The van der Waals surface area contributed by atoms with Gasteiger partial charge in [0.05, 0.1) is 12.8 Å². The number of imide groups is 2. The maximum Gasteiger partial charge on any atom is 0.297 e. The van der Waals surface area contributed by atoms with Crippen LogP contribution in [0.25, 0.3) is 21.9 Å². The van der Waals surface area contributed by atoms with Crippen LogP contribution in [0.5, 0.6) is 0 Å². The van der Waals surface area contributed by atoms with E-state index in [0.717, 1.165) is 23.0 Å². The SMILES string of the molecule is COS(=O)(=O)c1cc(N2C(=O)c3ccc4c5c(ccc(c35)C2=O)C(=O)N(C)C4=O)ccc1-c1ccc(C)cc1CS(=O)(=O)O. The molecule has 0 radical (unpaired) electrons. The van der Waals surface area contributed by atoms with Crippen LogP contribution in [0.1, 0.15) is 52.6 Å². The lowest BCUT2D eigenvalue weighted by atomic mass is 9.86. The topological polar surface area (TPSA) is 172 Å². The van der Waals surface area contributed by atoms with Crippen LogP contribution in [0.3, 0.4) is 0 Å². The van der Waals surface area contributed by atoms with E-state index in [-0.39, 0.29) is 55.4 Å². The first-order chi connectivity index (χ1) is 20.6. The molecule has 0 fully saturated rings. The van der Waals surface area contributed by atoms with Gasteiger partial charge in [0, 0.05) is 45.6 Å². The predicted octanol–water partition coefficient (Wildman–Crippen LogP) is 3.56. The van der Waals surface area contributed by atoms with Crippen molar-refractivity contribution in [1.82, 2.24) is 4.90 Å². The number of hydrogen-bond acceptors (Lipinski definition) is 9. The molecule has 2 heterocycles. The van der Waals surface area contributed by atoms with Crippen molar-refractivity contribution >= 4 is 60.3 Å². The van der Waals surface area contributed by atoms with Crippen LogP contribution in [0.15, 0.2) is 65.6 Å². The minimum Gasteiger partial charge on any atom is -0.285 e. The van der Waals surface area contributed by atoms with Gasteiger partial charge in [-0.2, -0.15) is 16.8 Å². The Labute approximate surface area is 251 Å². The molecule has 0 atom stereocenters. The summed E-state index contributed by atoms with van der Waals surface area (Å²) < 4.78 is 64.1. The number of rotatable bonds is 6. The second kappa shape index (κ2) is 9.89. The molecule has 0 saturated heterocycles. The quantitative estimate of drug-likeness (QED) is 0.188. The van der Waals surface area contributed by atoms with Gasteiger partial charge in [0.2, 0.25) is 0 Å². The molecule has 224 valence electrons. The van der Waals surface area contributed by atoms with Gasteiger partial charge in [0.25, 0.3) is 43.9 Å². The van der Waals surface area contributed by atoms with Crippen molar-refractivity contribution in [2.75, 3.05) is 19.1 Å². The number of benzene rings is 4.